The van der Waals surface area contributed by atoms with Gasteiger partial charge < -0.3 is 20.1 Å². The highest BCUT2D eigenvalue weighted by atomic mass is 16.6. The lowest BCUT2D eigenvalue weighted by molar-refractivity contribution is 0.0570. The van der Waals surface area contributed by atoms with Crippen LogP contribution in [0.3, 0.4) is 0 Å². The fourth-order valence-electron chi connectivity index (χ4n) is 5.08. The number of benzene rings is 2. The molecule has 2 aromatic rings. The van der Waals surface area contributed by atoms with Crippen molar-refractivity contribution in [3.63, 3.8) is 0 Å². The lowest BCUT2D eigenvalue weighted by atomic mass is 9.84. The van der Waals surface area contributed by atoms with Gasteiger partial charge in [-0.2, -0.15) is 0 Å². The first-order valence-corrected chi connectivity index (χ1v) is 10.2. The quantitative estimate of drug-likeness (QED) is 0.888. The molecule has 2 aromatic carbocycles. The van der Waals surface area contributed by atoms with Gasteiger partial charge in [-0.3, -0.25) is 4.79 Å². The van der Waals surface area contributed by atoms with E-state index in [1.54, 1.807) is 0 Å². The topological polar surface area (TPSA) is 64.8 Å². The van der Waals surface area contributed by atoms with Gasteiger partial charge in [0.05, 0.1) is 0 Å². The van der Waals surface area contributed by atoms with E-state index in [0.717, 1.165) is 31.4 Å². The van der Waals surface area contributed by atoms with Crippen LogP contribution in [0.5, 0.6) is 11.5 Å². The summed E-state index contributed by atoms with van der Waals surface area (Å²) in [6.45, 7) is 1.66. The fraction of sp³-hybridized carbons (Fsp3) is 0.435. The second-order valence-corrected chi connectivity index (χ2v) is 8.07. The van der Waals surface area contributed by atoms with Gasteiger partial charge in [0.15, 0.2) is 11.5 Å². The molecule has 2 saturated heterocycles. The number of amides is 1. The molecule has 3 heterocycles. The fourth-order valence-corrected chi connectivity index (χ4v) is 5.08. The summed E-state index contributed by atoms with van der Waals surface area (Å²) in [4.78, 5) is 15.4. The first kappa shape index (κ1) is 17.6. The van der Waals surface area contributed by atoms with Gasteiger partial charge in [0, 0.05) is 24.2 Å². The summed E-state index contributed by atoms with van der Waals surface area (Å²) < 4.78 is 11.2. The highest BCUT2D eigenvalue weighted by molar-refractivity contribution is 5.95. The van der Waals surface area contributed by atoms with E-state index in [1.165, 1.54) is 11.1 Å². The van der Waals surface area contributed by atoms with Crippen molar-refractivity contribution in [2.75, 3.05) is 13.2 Å². The number of piperidine rings is 1. The van der Waals surface area contributed by atoms with Gasteiger partial charge >= 0.3 is 0 Å². The lowest BCUT2D eigenvalue weighted by Crippen LogP contribution is -2.46. The molecule has 3 aliphatic rings. The summed E-state index contributed by atoms with van der Waals surface area (Å²) in [7, 11) is 0. The molecule has 1 amide bonds. The third-order valence-corrected chi connectivity index (χ3v) is 6.41. The Kier molecular flexibility index (Phi) is 4.47. The van der Waals surface area contributed by atoms with E-state index >= 15 is 0 Å². The van der Waals surface area contributed by atoms with Crippen molar-refractivity contribution in [3.8, 4) is 11.5 Å². The third-order valence-electron chi connectivity index (χ3n) is 6.41. The van der Waals surface area contributed by atoms with Crippen LogP contribution in [0, 0.1) is 0 Å². The minimum Gasteiger partial charge on any atom is -0.486 e. The van der Waals surface area contributed by atoms with E-state index in [9.17, 15) is 4.79 Å². The van der Waals surface area contributed by atoms with Crippen LogP contribution in [0.2, 0.25) is 0 Å². The van der Waals surface area contributed by atoms with Gasteiger partial charge in [0.25, 0.3) is 5.91 Å². The van der Waals surface area contributed by atoms with Crippen molar-refractivity contribution >= 4 is 5.91 Å². The van der Waals surface area contributed by atoms with E-state index in [0.29, 0.717) is 49.1 Å². The first-order valence-electron chi connectivity index (χ1n) is 10.2. The predicted octanol–water partition coefficient (Wildman–Crippen LogP) is 3.47. The number of hydrogen-bond donors (Lipinski definition) is 1. The van der Waals surface area contributed by atoms with Crippen LogP contribution in [-0.4, -0.2) is 36.1 Å². The maximum Gasteiger partial charge on any atom is 0.254 e. The Morgan fingerprint density at radius 1 is 1.00 bits per heavy atom. The standard InChI is InChI=1S/C23H26N2O3/c24-14-15-2-1-3-16(10-15)18-11-19-5-6-20(12-18)25(19)23(26)17-4-7-21-22(13-17)28-9-8-27-21/h1-4,7,10,13,18-20H,5-6,8-9,11-12,14,24H2/t18-,19-,20+. The van der Waals surface area contributed by atoms with Crippen molar-refractivity contribution in [1.29, 1.82) is 0 Å². The summed E-state index contributed by atoms with van der Waals surface area (Å²) in [5.74, 6) is 2.04. The number of nitrogens with zero attached hydrogens (tertiary/aromatic N) is 1. The molecule has 0 radical (unpaired) electrons. The van der Waals surface area contributed by atoms with Crippen LogP contribution in [-0.2, 0) is 6.54 Å². The summed E-state index contributed by atoms with van der Waals surface area (Å²) in [6, 6.07) is 14.8. The van der Waals surface area contributed by atoms with Crippen molar-refractivity contribution in [3.05, 3.63) is 59.2 Å². The third kappa shape index (κ3) is 3.04. The van der Waals surface area contributed by atoms with Gasteiger partial charge in [-0.1, -0.05) is 24.3 Å². The van der Waals surface area contributed by atoms with Crippen LogP contribution in [0.25, 0.3) is 0 Å². The van der Waals surface area contributed by atoms with E-state index < -0.39 is 0 Å². The maximum absolute atomic E-state index is 13.3. The van der Waals surface area contributed by atoms with Crippen LogP contribution in [0.1, 0.15) is 53.1 Å². The normalized spacial score (nSPS) is 25.6. The number of ether oxygens (including phenoxy) is 2. The van der Waals surface area contributed by atoms with Crippen molar-refractivity contribution in [1.82, 2.24) is 4.90 Å². The molecule has 0 unspecified atom stereocenters. The monoisotopic (exact) mass is 378 g/mol. The van der Waals surface area contributed by atoms with Crippen LogP contribution in [0.4, 0.5) is 0 Å². The molecule has 0 aromatic heterocycles. The van der Waals surface area contributed by atoms with Gasteiger partial charge in [-0.05, 0) is 60.9 Å². The molecule has 0 spiro atoms. The molecule has 5 heteroatoms. The summed E-state index contributed by atoms with van der Waals surface area (Å²) in [5.41, 5.74) is 9.06. The second kappa shape index (κ2) is 7.13. The van der Waals surface area contributed by atoms with Crippen molar-refractivity contribution < 1.29 is 14.3 Å². The molecule has 28 heavy (non-hydrogen) atoms. The molecule has 5 rings (SSSR count). The maximum atomic E-state index is 13.3. The zero-order valence-electron chi connectivity index (χ0n) is 16.0. The molecule has 146 valence electrons. The molecule has 0 aliphatic carbocycles. The Morgan fingerprint density at radius 2 is 1.75 bits per heavy atom. The molecular weight excluding hydrogens is 352 g/mol. The zero-order valence-corrected chi connectivity index (χ0v) is 16.0. The van der Waals surface area contributed by atoms with Crippen molar-refractivity contribution in [2.24, 2.45) is 5.73 Å². The first-order chi connectivity index (χ1) is 13.7. The Balaban J connectivity index is 1.36. The Bertz CT molecular complexity index is 883. The van der Waals surface area contributed by atoms with Crippen LogP contribution < -0.4 is 15.2 Å². The minimum atomic E-state index is 0.124. The van der Waals surface area contributed by atoms with E-state index in [2.05, 4.69) is 29.2 Å². The number of carbonyl (C=O) groups is 1. The Labute approximate surface area is 165 Å². The van der Waals surface area contributed by atoms with Crippen LogP contribution in [0.15, 0.2) is 42.5 Å². The largest absolute Gasteiger partial charge is 0.486 e. The number of rotatable bonds is 3. The number of nitrogens with two attached hydrogens (primary N) is 1. The summed E-state index contributed by atoms with van der Waals surface area (Å²) in [6.07, 6.45) is 4.24. The van der Waals surface area contributed by atoms with Crippen molar-refractivity contribution in [2.45, 2.75) is 50.2 Å². The number of fused-ring (bicyclic) bond motifs is 3. The Morgan fingerprint density at radius 3 is 2.50 bits per heavy atom. The van der Waals surface area contributed by atoms with E-state index in [1.807, 2.05) is 18.2 Å². The molecule has 2 N–H and O–H groups in total. The SMILES string of the molecule is NCc1cccc([C@@H]2C[C@H]3CC[C@@H](C2)N3C(=O)c2ccc3c(c2)OCCO3)c1. The number of carbonyl (C=O) groups excluding carboxylic acids is 1. The molecule has 0 saturated carbocycles. The van der Waals surface area contributed by atoms with Gasteiger partial charge in [-0.15, -0.1) is 0 Å². The van der Waals surface area contributed by atoms with Gasteiger partial charge in [-0.25, -0.2) is 0 Å². The Hall–Kier alpha value is -2.53. The summed E-state index contributed by atoms with van der Waals surface area (Å²) in [5, 5.41) is 0. The second-order valence-electron chi connectivity index (χ2n) is 8.07. The number of hydrogen-bond acceptors (Lipinski definition) is 4. The average molecular weight is 378 g/mol. The average Bonchev–Trinajstić information content (AvgIpc) is 3.01. The lowest BCUT2D eigenvalue weighted by Gasteiger charge is -2.39. The zero-order chi connectivity index (χ0) is 19.1. The molecule has 5 nitrogen and oxygen atoms in total. The molecular formula is C23H26N2O3. The van der Waals surface area contributed by atoms with E-state index in [-0.39, 0.29) is 5.91 Å². The molecule has 2 fully saturated rings. The highest BCUT2D eigenvalue weighted by Crippen LogP contribution is 2.44. The smallest absolute Gasteiger partial charge is 0.254 e. The molecule has 3 aliphatic heterocycles. The molecule has 2 bridgehead atoms. The summed E-state index contributed by atoms with van der Waals surface area (Å²) >= 11 is 0. The molecule has 3 atom stereocenters. The predicted molar refractivity (Wildman–Crippen MR) is 107 cm³/mol. The van der Waals surface area contributed by atoms with Gasteiger partial charge in [0.1, 0.15) is 13.2 Å². The van der Waals surface area contributed by atoms with Crippen LogP contribution >= 0.6 is 0 Å². The minimum absolute atomic E-state index is 0.124. The highest BCUT2D eigenvalue weighted by Gasteiger charge is 2.43. The van der Waals surface area contributed by atoms with Gasteiger partial charge in [0.2, 0.25) is 0 Å². The van der Waals surface area contributed by atoms with E-state index in [4.69, 9.17) is 15.2 Å².